The molecule has 0 radical (unpaired) electrons. The summed E-state index contributed by atoms with van der Waals surface area (Å²) in [4.78, 5) is 39.7. The molecule has 1 atom stereocenters. The van der Waals surface area contributed by atoms with Crippen LogP contribution in [0.2, 0.25) is 0 Å². The summed E-state index contributed by atoms with van der Waals surface area (Å²) in [5.41, 5.74) is 0.597. The molecule has 1 aromatic heterocycles. The number of halogens is 3. The average molecular weight is 467 g/mol. The van der Waals surface area contributed by atoms with Crippen LogP contribution in [0.25, 0.3) is 0 Å². The van der Waals surface area contributed by atoms with E-state index in [0.717, 1.165) is 12.1 Å². The standard InChI is InChI=1S/C23H28F3N3O4/c1-7-11-29(22(32)27-17-10-8-9-16(12-17)23(24,25)26)15(4)20(30)18-13(2)19(21(31)33-6)28(5)14(18)3/h8-10,12,15H,7,11H2,1-6H3,(H,27,32). The van der Waals surface area contributed by atoms with Crippen molar-refractivity contribution in [2.45, 2.75) is 46.3 Å². The van der Waals surface area contributed by atoms with Crippen molar-refractivity contribution in [2.24, 2.45) is 7.05 Å². The lowest BCUT2D eigenvalue weighted by Gasteiger charge is -2.28. The Balaban J connectivity index is 2.36. The van der Waals surface area contributed by atoms with Gasteiger partial charge in [-0.3, -0.25) is 4.79 Å². The third kappa shape index (κ3) is 5.37. The van der Waals surface area contributed by atoms with Gasteiger partial charge in [0.15, 0.2) is 5.78 Å². The summed E-state index contributed by atoms with van der Waals surface area (Å²) in [6, 6.07) is 2.66. The van der Waals surface area contributed by atoms with Crippen LogP contribution in [-0.4, -0.2) is 46.9 Å². The molecule has 0 bridgehead atoms. The molecular formula is C23H28F3N3O4. The quantitative estimate of drug-likeness (QED) is 0.461. The molecule has 0 saturated carbocycles. The smallest absolute Gasteiger partial charge is 0.416 e. The van der Waals surface area contributed by atoms with E-state index in [-0.39, 0.29) is 23.7 Å². The number of rotatable bonds is 7. The molecule has 180 valence electrons. The second-order valence-electron chi connectivity index (χ2n) is 7.73. The Hall–Kier alpha value is -3.30. The highest BCUT2D eigenvalue weighted by atomic mass is 19.4. The minimum Gasteiger partial charge on any atom is -0.464 e. The maximum atomic E-state index is 13.4. The zero-order valence-electron chi connectivity index (χ0n) is 19.5. The summed E-state index contributed by atoms with van der Waals surface area (Å²) < 4.78 is 45.4. The van der Waals surface area contributed by atoms with E-state index < -0.39 is 29.8 Å². The van der Waals surface area contributed by atoms with Crippen molar-refractivity contribution in [1.29, 1.82) is 0 Å². The van der Waals surface area contributed by atoms with Gasteiger partial charge in [-0.25, -0.2) is 9.59 Å². The molecule has 0 aliphatic heterocycles. The van der Waals surface area contributed by atoms with E-state index in [1.165, 1.54) is 24.1 Å². The molecule has 10 heteroatoms. The van der Waals surface area contributed by atoms with Crippen molar-refractivity contribution in [2.75, 3.05) is 19.0 Å². The lowest BCUT2D eigenvalue weighted by Crippen LogP contribution is -2.46. The van der Waals surface area contributed by atoms with Crippen molar-refractivity contribution in [3.63, 3.8) is 0 Å². The maximum Gasteiger partial charge on any atom is 0.416 e. The lowest BCUT2D eigenvalue weighted by molar-refractivity contribution is -0.137. The number of carbonyl (C=O) groups excluding carboxylic acids is 3. The van der Waals surface area contributed by atoms with E-state index in [9.17, 15) is 27.6 Å². The number of nitrogens with zero attached hydrogens (tertiary/aromatic N) is 2. The zero-order chi connectivity index (χ0) is 25.1. The molecule has 2 rings (SSSR count). The SMILES string of the molecule is CCCN(C(=O)Nc1cccc(C(F)(F)F)c1)C(C)C(=O)c1c(C)c(C(=O)OC)n(C)c1C. The second kappa shape index (κ2) is 10.1. The number of hydrogen-bond acceptors (Lipinski definition) is 4. The number of methoxy groups -OCH3 is 1. The molecule has 1 unspecified atom stereocenters. The van der Waals surface area contributed by atoms with Crippen LogP contribution in [0.1, 0.15) is 57.9 Å². The van der Waals surface area contributed by atoms with E-state index in [4.69, 9.17) is 4.74 Å². The summed E-state index contributed by atoms with van der Waals surface area (Å²) >= 11 is 0. The summed E-state index contributed by atoms with van der Waals surface area (Å²) in [7, 11) is 2.88. The van der Waals surface area contributed by atoms with Crippen molar-refractivity contribution in [3.8, 4) is 0 Å². The number of alkyl halides is 3. The summed E-state index contributed by atoms with van der Waals surface area (Å²) in [6.45, 7) is 6.88. The third-order valence-corrected chi connectivity index (χ3v) is 5.57. The number of nitrogens with one attached hydrogen (secondary N) is 1. The van der Waals surface area contributed by atoms with E-state index in [0.29, 0.717) is 23.2 Å². The predicted octanol–water partition coefficient (Wildman–Crippen LogP) is 4.96. The van der Waals surface area contributed by atoms with Crippen LogP contribution in [0.4, 0.5) is 23.7 Å². The molecule has 0 aliphatic carbocycles. The van der Waals surface area contributed by atoms with Gasteiger partial charge in [0.2, 0.25) is 0 Å². The molecule has 7 nitrogen and oxygen atoms in total. The topological polar surface area (TPSA) is 80.6 Å². The first-order valence-corrected chi connectivity index (χ1v) is 10.4. The minimum atomic E-state index is -4.55. The number of Topliss-reactive ketones (excluding diaryl/α,β-unsaturated/α-hetero) is 1. The van der Waals surface area contributed by atoms with Gasteiger partial charge in [0.1, 0.15) is 5.69 Å². The minimum absolute atomic E-state index is 0.0318. The van der Waals surface area contributed by atoms with Gasteiger partial charge in [0, 0.05) is 30.5 Å². The molecular weight excluding hydrogens is 439 g/mol. The zero-order valence-corrected chi connectivity index (χ0v) is 19.5. The lowest BCUT2D eigenvalue weighted by atomic mass is 10.00. The van der Waals surface area contributed by atoms with Gasteiger partial charge >= 0.3 is 18.2 Å². The number of carbonyl (C=O) groups is 3. The molecule has 0 spiro atoms. The Bertz CT molecular complexity index is 1060. The number of benzene rings is 1. The number of amides is 2. The fourth-order valence-corrected chi connectivity index (χ4v) is 3.76. The van der Waals surface area contributed by atoms with Crippen molar-refractivity contribution in [1.82, 2.24) is 9.47 Å². The Morgan fingerprint density at radius 1 is 1.21 bits per heavy atom. The summed E-state index contributed by atoms with van der Waals surface area (Å²) in [6.07, 6.45) is -4.03. The van der Waals surface area contributed by atoms with Gasteiger partial charge in [-0.1, -0.05) is 13.0 Å². The van der Waals surface area contributed by atoms with E-state index in [2.05, 4.69) is 5.32 Å². The number of hydrogen-bond donors (Lipinski definition) is 1. The number of urea groups is 1. The van der Waals surface area contributed by atoms with Gasteiger partial charge in [0.05, 0.1) is 18.7 Å². The molecule has 0 saturated heterocycles. The Morgan fingerprint density at radius 2 is 1.85 bits per heavy atom. The molecule has 1 aromatic carbocycles. The van der Waals surface area contributed by atoms with Gasteiger partial charge in [-0.05, 0) is 51.0 Å². The highest BCUT2D eigenvalue weighted by Crippen LogP contribution is 2.31. The van der Waals surface area contributed by atoms with Crippen LogP contribution >= 0.6 is 0 Å². The molecule has 1 heterocycles. The summed E-state index contributed by atoms with van der Waals surface area (Å²) in [5.74, 6) is -0.971. The van der Waals surface area contributed by atoms with Gasteiger partial charge in [0.25, 0.3) is 0 Å². The van der Waals surface area contributed by atoms with Crippen LogP contribution < -0.4 is 5.32 Å². The van der Waals surface area contributed by atoms with Gasteiger partial charge in [-0.15, -0.1) is 0 Å². The highest BCUT2D eigenvalue weighted by molar-refractivity contribution is 6.07. The molecule has 33 heavy (non-hydrogen) atoms. The van der Waals surface area contributed by atoms with E-state index in [1.807, 2.05) is 6.92 Å². The Kier molecular flexibility index (Phi) is 7.94. The van der Waals surface area contributed by atoms with Crippen molar-refractivity contribution < 1.29 is 32.3 Å². The average Bonchev–Trinajstić information content (AvgIpc) is 2.98. The van der Waals surface area contributed by atoms with Crippen molar-refractivity contribution in [3.05, 3.63) is 52.3 Å². The van der Waals surface area contributed by atoms with Crippen LogP contribution in [0.5, 0.6) is 0 Å². The summed E-state index contributed by atoms with van der Waals surface area (Å²) in [5, 5.41) is 2.46. The first-order chi connectivity index (χ1) is 15.3. The number of aromatic nitrogens is 1. The molecule has 1 N–H and O–H groups in total. The molecule has 2 amide bonds. The van der Waals surface area contributed by atoms with Crippen LogP contribution in [0.3, 0.4) is 0 Å². The molecule has 0 aliphatic rings. The second-order valence-corrected chi connectivity index (χ2v) is 7.73. The van der Waals surface area contributed by atoms with E-state index >= 15 is 0 Å². The predicted molar refractivity (Wildman–Crippen MR) is 117 cm³/mol. The van der Waals surface area contributed by atoms with Gasteiger partial charge in [-0.2, -0.15) is 13.2 Å². The van der Waals surface area contributed by atoms with Crippen LogP contribution in [0.15, 0.2) is 24.3 Å². The number of anilines is 1. The fourth-order valence-electron chi connectivity index (χ4n) is 3.76. The highest BCUT2D eigenvalue weighted by Gasteiger charge is 2.33. The normalized spacial score (nSPS) is 12.3. The van der Waals surface area contributed by atoms with Crippen molar-refractivity contribution >= 4 is 23.5 Å². The first kappa shape index (κ1) is 26.0. The van der Waals surface area contributed by atoms with Gasteiger partial charge < -0.3 is 19.5 Å². The monoisotopic (exact) mass is 467 g/mol. The number of ether oxygens (including phenoxy) is 1. The maximum absolute atomic E-state index is 13.4. The van der Waals surface area contributed by atoms with E-state index in [1.54, 1.807) is 32.4 Å². The molecule has 2 aromatic rings. The number of ketones is 1. The Labute approximate surface area is 190 Å². The van der Waals surface area contributed by atoms with Crippen LogP contribution in [-0.2, 0) is 18.0 Å². The fraction of sp³-hybridized carbons (Fsp3) is 0.435. The number of esters is 1. The first-order valence-electron chi connectivity index (χ1n) is 10.4. The Morgan fingerprint density at radius 3 is 2.39 bits per heavy atom. The van der Waals surface area contributed by atoms with Crippen LogP contribution in [0, 0.1) is 13.8 Å². The molecule has 0 fully saturated rings. The largest absolute Gasteiger partial charge is 0.464 e. The third-order valence-electron chi connectivity index (χ3n) is 5.57.